The SMILES string of the molecule is C=CCN(CC)C(CN)CCC. The Morgan fingerprint density at radius 2 is 2.17 bits per heavy atom. The van der Waals surface area contributed by atoms with Gasteiger partial charge < -0.3 is 5.73 Å². The van der Waals surface area contributed by atoms with Crippen molar-refractivity contribution in [2.24, 2.45) is 5.73 Å². The fraction of sp³-hybridized carbons (Fsp3) is 0.800. The standard InChI is InChI=1S/C10H22N2/c1-4-7-10(9-11)12(6-3)8-5-2/h5,10H,2,4,6-9,11H2,1,3H3. The number of nitrogens with two attached hydrogens (primary N) is 1. The monoisotopic (exact) mass is 170 g/mol. The largest absolute Gasteiger partial charge is 0.329 e. The van der Waals surface area contributed by atoms with E-state index in [2.05, 4.69) is 25.3 Å². The van der Waals surface area contributed by atoms with Crippen molar-refractivity contribution in [3.8, 4) is 0 Å². The van der Waals surface area contributed by atoms with Crippen molar-refractivity contribution in [3.05, 3.63) is 12.7 Å². The zero-order valence-electron chi connectivity index (χ0n) is 8.42. The van der Waals surface area contributed by atoms with Gasteiger partial charge in [-0.1, -0.05) is 26.3 Å². The van der Waals surface area contributed by atoms with Crippen molar-refractivity contribution in [1.82, 2.24) is 4.90 Å². The molecule has 1 atom stereocenters. The van der Waals surface area contributed by atoms with Gasteiger partial charge in [-0.25, -0.2) is 0 Å². The van der Waals surface area contributed by atoms with Crippen LogP contribution in [-0.2, 0) is 0 Å². The zero-order chi connectivity index (χ0) is 9.40. The van der Waals surface area contributed by atoms with Crippen LogP contribution in [0.15, 0.2) is 12.7 Å². The quantitative estimate of drug-likeness (QED) is 0.588. The van der Waals surface area contributed by atoms with Crippen molar-refractivity contribution in [2.45, 2.75) is 32.7 Å². The van der Waals surface area contributed by atoms with Gasteiger partial charge >= 0.3 is 0 Å². The third kappa shape index (κ3) is 3.88. The van der Waals surface area contributed by atoms with Crippen molar-refractivity contribution in [1.29, 1.82) is 0 Å². The van der Waals surface area contributed by atoms with Crippen LogP contribution in [0.4, 0.5) is 0 Å². The van der Waals surface area contributed by atoms with Crippen LogP contribution in [0.5, 0.6) is 0 Å². The summed E-state index contributed by atoms with van der Waals surface area (Å²) in [5.74, 6) is 0. The van der Waals surface area contributed by atoms with E-state index in [4.69, 9.17) is 5.73 Å². The van der Waals surface area contributed by atoms with Gasteiger partial charge in [0.05, 0.1) is 0 Å². The summed E-state index contributed by atoms with van der Waals surface area (Å²) in [6.45, 7) is 10.9. The molecule has 0 rings (SSSR count). The first-order chi connectivity index (χ1) is 5.79. The summed E-state index contributed by atoms with van der Waals surface area (Å²) >= 11 is 0. The molecule has 0 fully saturated rings. The van der Waals surface area contributed by atoms with E-state index in [-0.39, 0.29) is 0 Å². The highest BCUT2D eigenvalue weighted by atomic mass is 15.2. The molecule has 0 aromatic rings. The number of hydrogen-bond donors (Lipinski definition) is 1. The number of rotatable bonds is 7. The molecular formula is C10H22N2. The average Bonchev–Trinajstić information content (AvgIpc) is 2.11. The molecule has 0 aliphatic carbocycles. The summed E-state index contributed by atoms with van der Waals surface area (Å²) in [5, 5.41) is 0. The van der Waals surface area contributed by atoms with E-state index >= 15 is 0 Å². The van der Waals surface area contributed by atoms with Crippen LogP contribution in [0.25, 0.3) is 0 Å². The maximum absolute atomic E-state index is 5.69. The lowest BCUT2D eigenvalue weighted by Crippen LogP contribution is -2.40. The Hall–Kier alpha value is -0.340. The van der Waals surface area contributed by atoms with E-state index in [0.717, 1.165) is 19.6 Å². The minimum Gasteiger partial charge on any atom is -0.329 e. The zero-order valence-corrected chi connectivity index (χ0v) is 8.42. The van der Waals surface area contributed by atoms with Gasteiger partial charge in [0.25, 0.3) is 0 Å². The average molecular weight is 170 g/mol. The van der Waals surface area contributed by atoms with Crippen LogP contribution in [0.2, 0.25) is 0 Å². The van der Waals surface area contributed by atoms with E-state index in [0.29, 0.717) is 6.04 Å². The van der Waals surface area contributed by atoms with Gasteiger partial charge in [-0.2, -0.15) is 0 Å². The Kier molecular flexibility index (Phi) is 7.11. The van der Waals surface area contributed by atoms with E-state index in [9.17, 15) is 0 Å². The predicted octanol–water partition coefficient (Wildman–Crippen LogP) is 1.62. The molecule has 2 heteroatoms. The molecule has 0 amide bonds. The molecule has 0 heterocycles. The smallest absolute Gasteiger partial charge is 0.0221 e. The van der Waals surface area contributed by atoms with E-state index in [1.54, 1.807) is 0 Å². The van der Waals surface area contributed by atoms with Crippen molar-refractivity contribution < 1.29 is 0 Å². The van der Waals surface area contributed by atoms with Crippen molar-refractivity contribution in [2.75, 3.05) is 19.6 Å². The molecule has 12 heavy (non-hydrogen) atoms. The highest BCUT2D eigenvalue weighted by Crippen LogP contribution is 2.05. The second-order valence-corrected chi connectivity index (χ2v) is 3.05. The van der Waals surface area contributed by atoms with E-state index in [1.807, 2.05) is 6.08 Å². The van der Waals surface area contributed by atoms with E-state index < -0.39 is 0 Å². The first-order valence-corrected chi connectivity index (χ1v) is 4.85. The summed E-state index contributed by atoms with van der Waals surface area (Å²) in [7, 11) is 0. The number of likely N-dealkylation sites (N-methyl/N-ethyl adjacent to an activating group) is 1. The molecule has 0 aliphatic rings. The first-order valence-electron chi connectivity index (χ1n) is 4.85. The topological polar surface area (TPSA) is 29.3 Å². The van der Waals surface area contributed by atoms with Gasteiger partial charge in [0.2, 0.25) is 0 Å². The molecule has 0 aromatic carbocycles. The van der Waals surface area contributed by atoms with Crippen LogP contribution in [-0.4, -0.2) is 30.6 Å². The molecular weight excluding hydrogens is 148 g/mol. The lowest BCUT2D eigenvalue weighted by molar-refractivity contribution is 0.221. The molecule has 1 unspecified atom stereocenters. The fourth-order valence-corrected chi connectivity index (χ4v) is 1.48. The molecule has 0 saturated carbocycles. The summed E-state index contributed by atoms with van der Waals surface area (Å²) in [4.78, 5) is 2.37. The second kappa shape index (κ2) is 7.32. The van der Waals surface area contributed by atoms with Crippen LogP contribution in [0.3, 0.4) is 0 Å². The molecule has 0 radical (unpaired) electrons. The minimum atomic E-state index is 0.540. The molecule has 0 saturated heterocycles. The molecule has 0 aromatic heterocycles. The van der Waals surface area contributed by atoms with Gasteiger partial charge in [-0.15, -0.1) is 6.58 Å². The molecule has 0 bridgehead atoms. The lowest BCUT2D eigenvalue weighted by Gasteiger charge is -2.28. The van der Waals surface area contributed by atoms with Crippen LogP contribution < -0.4 is 5.73 Å². The summed E-state index contributed by atoms with van der Waals surface area (Å²) in [6, 6.07) is 0.540. The Bertz CT molecular complexity index is 112. The highest BCUT2D eigenvalue weighted by Gasteiger charge is 2.12. The van der Waals surface area contributed by atoms with Gasteiger partial charge in [0.15, 0.2) is 0 Å². The predicted molar refractivity (Wildman–Crippen MR) is 55.2 cm³/mol. The normalized spacial score (nSPS) is 13.3. The van der Waals surface area contributed by atoms with Crippen LogP contribution in [0, 0.1) is 0 Å². The Morgan fingerprint density at radius 1 is 1.50 bits per heavy atom. The molecule has 2 nitrogen and oxygen atoms in total. The van der Waals surface area contributed by atoms with Gasteiger partial charge in [0.1, 0.15) is 0 Å². The molecule has 72 valence electrons. The van der Waals surface area contributed by atoms with Gasteiger partial charge in [0, 0.05) is 19.1 Å². The lowest BCUT2D eigenvalue weighted by atomic mass is 10.1. The summed E-state index contributed by atoms with van der Waals surface area (Å²) in [6.07, 6.45) is 4.34. The second-order valence-electron chi connectivity index (χ2n) is 3.05. The highest BCUT2D eigenvalue weighted by molar-refractivity contribution is 4.79. The maximum atomic E-state index is 5.69. The van der Waals surface area contributed by atoms with Gasteiger partial charge in [-0.3, -0.25) is 4.90 Å². The molecule has 2 N–H and O–H groups in total. The summed E-state index contributed by atoms with van der Waals surface area (Å²) < 4.78 is 0. The third-order valence-corrected chi connectivity index (χ3v) is 2.18. The maximum Gasteiger partial charge on any atom is 0.0221 e. The number of hydrogen-bond acceptors (Lipinski definition) is 2. The Balaban J connectivity index is 3.92. The Morgan fingerprint density at radius 3 is 2.50 bits per heavy atom. The van der Waals surface area contributed by atoms with Crippen LogP contribution >= 0.6 is 0 Å². The van der Waals surface area contributed by atoms with Crippen LogP contribution in [0.1, 0.15) is 26.7 Å². The minimum absolute atomic E-state index is 0.540. The summed E-state index contributed by atoms with van der Waals surface area (Å²) in [5.41, 5.74) is 5.69. The van der Waals surface area contributed by atoms with Crippen molar-refractivity contribution in [3.63, 3.8) is 0 Å². The first kappa shape index (κ1) is 11.7. The number of nitrogens with zero attached hydrogens (tertiary/aromatic N) is 1. The van der Waals surface area contributed by atoms with Gasteiger partial charge in [-0.05, 0) is 13.0 Å². The molecule has 0 aliphatic heterocycles. The third-order valence-electron chi connectivity index (χ3n) is 2.18. The molecule has 0 spiro atoms. The fourth-order valence-electron chi connectivity index (χ4n) is 1.48. The van der Waals surface area contributed by atoms with E-state index in [1.165, 1.54) is 12.8 Å². The van der Waals surface area contributed by atoms with Crippen molar-refractivity contribution >= 4 is 0 Å². The Labute approximate surface area is 76.4 Å².